The topological polar surface area (TPSA) is 28.0 Å². The van der Waals surface area contributed by atoms with Gasteiger partial charge in [0.1, 0.15) is 0 Å². The zero-order valence-corrected chi connectivity index (χ0v) is 12.0. The predicted molar refractivity (Wildman–Crippen MR) is 79.2 cm³/mol. The Morgan fingerprint density at radius 3 is 3.12 bits per heavy atom. The summed E-state index contributed by atoms with van der Waals surface area (Å²) in [5, 5.41) is 3.13. The van der Waals surface area contributed by atoms with E-state index in [4.69, 9.17) is 11.6 Å². The number of hydrogen-bond donors (Lipinski definition) is 0. The normalized spacial score (nSPS) is 21.5. The molecule has 0 saturated heterocycles. The zero-order valence-electron chi connectivity index (χ0n) is 10.4. The van der Waals surface area contributed by atoms with Crippen LogP contribution in [0.1, 0.15) is 13.3 Å². The van der Waals surface area contributed by atoms with Crippen molar-refractivity contribution in [1.82, 2.24) is 4.90 Å². The van der Waals surface area contributed by atoms with Gasteiger partial charge in [0.15, 0.2) is 0 Å². The molecule has 0 amide bonds. The lowest BCUT2D eigenvalue weighted by atomic mass is 10.3. The van der Waals surface area contributed by atoms with Crippen molar-refractivity contribution in [2.24, 2.45) is 9.98 Å². The summed E-state index contributed by atoms with van der Waals surface area (Å²) < 4.78 is 0. The molecule has 1 aliphatic heterocycles. The largest absolute Gasteiger partial charge is 0.369 e. The second-order valence-corrected chi connectivity index (χ2v) is 5.47. The molecule has 1 rings (SSSR count). The summed E-state index contributed by atoms with van der Waals surface area (Å²) in [4.78, 5) is 10.6. The van der Waals surface area contributed by atoms with Crippen molar-refractivity contribution in [3.63, 3.8) is 0 Å². The highest BCUT2D eigenvalue weighted by molar-refractivity contribution is 8.16. The van der Waals surface area contributed by atoms with Crippen LogP contribution in [0.3, 0.4) is 0 Å². The van der Waals surface area contributed by atoms with Crippen LogP contribution in [0.15, 0.2) is 33.2 Å². The summed E-state index contributed by atoms with van der Waals surface area (Å²) in [5.74, 6) is 0. The highest BCUT2D eigenvalue weighted by Gasteiger charge is 2.05. The van der Waals surface area contributed by atoms with Crippen molar-refractivity contribution in [2.45, 2.75) is 18.7 Å². The molecule has 0 N–H and O–H groups in total. The number of alkyl halides is 1. The van der Waals surface area contributed by atoms with E-state index in [1.54, 1.807) is 18.1 Å². The van der Waals surface area contributed by atoms with Crippen LogP contribution in [0.25, 0.3) is 0 Å². The first-order chi connectivity index (χ1) is 8.08. The predicted octanol–water partition coefficient (Wildman–Crippen LogP) is 3.14. The van der Waals surface area contributed by atoms with E-state index in [0.717, 1.165) is 17.2 Å². The Morgan fingerprint density at radius 2 is 2.41 bits per heavy atom. The van der Waals surface area contributed by atoms with Crippen LogP contribution in [0, 0.1) is 0 Å². The monoisotopic (exact) mass is 271 g/mol. The van der Waals surface area contributed by atoms with E-state index < -0.39 is 0 Å². The third-order valence-electron chi connectivity index (χ3n) is 1.94. The van der Waals surface area contributed by atoms with Gasteiger partial charge in [-0.2, -0.15) is 0 Å². The maximum Gasteiger partial charge on any atom is 0.0903 e. The van der Waals surface area contributed by atoms with Gasteiger partial charge >= 0.3 is 0 Å². The number of rotatable bonds is 3. The van der Waals surface area contributed by atoms with Crippen molar-refractivity contribution >= 4 is 34.7 Å². The lowest BCUT2D eigenvalue weighted by Gasteiger charge is -2.02. The molecule has 3 nitrogen and oxygen atoms in total. The molecule has 0 radical (unpaired) electrons. The maximum absolute atomic E-state index is 5.99. The molecule has 0 fully saturated rings. The Bertz CT molecular complexity index is 359. The van der Waals surface area contributed by atoms with Crippen LogP contribution in [-0.4, -0.2) is 42.3 Å². The Kier molecular flexibility index (Phi) is 6.37. The minimum absolute atomic E-state index is 0.0324. The third kappa shape index (κ3) is 6.54. The van der Waals surface area contributed by atoms with E-state index in [0.29, 0.717) is 6.54 Å². The third-order valence-corrected chi connectivity index (χ3v) is 3.25. The van der Waals surface area contributed by atoms with Crippen molar-refractivity contribution in [2.75, 3.05) is 20.6 Å². The molecule has 0 aromatic carbocycles. The molecule has 94 valence electrons. The lowest BCUT2D eigenvalue weighted by molar-refractivity contribution is 0.642. The Labute approximate surface area is 112 Å². The average Bonchev–Trinajstić information content (AvgIpc) is 2.48. The molecule has 0 aromatic heterocycles. The second-order valence-electron chi connectivity index (χ2n) is 3.97. The van der Waals surface area contributed by atoms with E-state index >= 15 is 0 Å². The second kappa shape index (κ2) is 7.56. The zero-order chi connectivity index (χ0) is 12.7. The van der Waals surface area contributed by atoms with Crippen LogP contribution >= 0.6 is 23.4 Å². The van der Waals surface area contributed by atoms with E-state index in [-0.39, 0.29) is 5.38 Å². The fourth-order valence-corrected chi connectivity index (χ4v) is 1.99. The lowest BCUT2D eigenvalue weighted by Crippen LogP contribution is -2.07. The van der Waals surface area contributed by atoms with Crippen molar-refractivity contribution in [3.8, 4) is 0 Å². The summed E-state index contributed by atoms with van der Waals surface area (Å²) in [5.41, 5.74) is 0.974. The quantitative estimate of drug-likeness (QED) is 0.341. The fraction of sp³-hybridized carbons (Fsp3) is 0.500. The Morgan fingerprint density at radius 1 is 1.65 bits per heavy atom. The number of hydrogen-bond acceptors (Lipinski definition) is 3. The number of thioether (sulfide) groups is 1. The van der Waals surface area contributed by atoms with Crippen LogP contribution in [0.2, 0.25) is 0 Å². The molecular formula is C12H18ClN3S. The van der Waals surface area contributed by atoms with Crippen LogP contribution < -0.4 is 0 Å². The minimum Gasteiger partial charge on any atom is -0.369 e. The van der Waals surface area contributed by atoms with Gasteiger partial charge in [0.25, 0.3) is 0 Å². The van der Waals surface area contributed by atoms with Gasteiger partial charge < -0.3 is 4.90 Å². The number of nitrogens with zero attached hydrogens (tertiary/aromatic N) is 3. The summed E-state index contributed by atoms with van der Waals surface area (Å²) in [6.45, 7) is 2.64. The fourth-order valence-electron chi connectivity index (χ4n) is 1.11. The van der Waals surface area contributed by atoms with E-state index in [2.05, 4.69) is 16.1 Å². The van der Waals surface area contributed by atoms with Gasteiger partial charge in [-0.1, -0.05) is 23.9 Å². The highest BCUT2D eigenvalue weighted by Crippen LogP contribution is 2.17. The van der Waals surface area contributed by atoms with Gasteiger partial charge in [0.2, 0.25) is 0 Å². The van der Waals surface area contributed by atoms with E-state index in [1.807, 2.05) is 37.4 Å². The summed E-state index contributed by atoms with van der Waals surface area (Å²) in [6, 6.07) is 0. The van der Waals surface area contributed by atoms with Crippen molar-refractivity contribution < 1.29 is 0 Å². The number of allylic oxidation sites excluding steroid dienone is 2. The molecule has 0 aliphatic carbocycles. The van der Waals surface area contributed by atoms with Crippen LogP contribution in [-0.2, 0) is 0 Å². The summed E-state index contributed by atoms with van der Waals surface area (Å²) in [7, 11) is 3.90. The average molecular weight is 272 g/mol. The molecule has 0 spiro atoms. The maximum atomic E-state index is 5.99. The molecule has 0 bridgehead atoms. The number of aliphatic imine (C=N–C) groups is 2. The first kappa shape index (κ1) is 14.3. The van der Waals surface area contributed by atoms with Gasteiger partial charge in [-0.25, -0.2) is 4.99 Å². The highest BCUT2D eigenvalue weighted by atomic mass is 35.5. The van der Waals surface area contributed by atoms with E-state index in [1.165, 1.54) is 0 Å². The Hall–Kier alpha value is -0.740. The molecule has 1 aliphatic rings. The SMILES string of the molecule is C/C(=C\SC1=NCC(Cl)C=CC1)N=CN(C)C. The molecule has 1 atom stereocenters. The summed E-state index contributed by atoms with van der Waals surface area (Å²) in [6.07, 6.45) is 6.72. The Balaban J connectivity index is 2.49. The standard InChI is InChI=1S/C12H18ClN3S/c1-10(15-9-16(2)3)8-17-12-6-4-5-11(13)7-14-12/h4-5,8-9,11H,6-7H2,1-3H3/b10-8+,15-9?. The van der Waals surface area contributed by atoms with Crippen LogP contribution in [0.5, 0.6) is 0 Å². The molecule has 5 heteroatoms. The van der Waals surface area contributed by atoms with Crippen molar-refractivity contribution in [1.29, 1.82) is 0 Å². The van der Waals surface area contributed by atoms with E-state index in [9.17, 15) is 0 Å². The van der Waals surface area contributed by atoms with Gasteiger partial charge in [0, 0.05) is 26.2 Å². The van der Waals surface area contributed by atoms with Gasteiger partial charge in [0.05, 0.1) is 23.3 Å². The number of halogens is 1. The molecule has 1 unspecified atom stereocenters. The molecule has 0 saturated carbocycles. The molecule has 1 heterocycles. The summed E-state index contributed by atoms with van der Waals surface area (Å²) >= 11 is 7.60. The molecule has 0 aromatic rings. The smallest absolute Gasteiger partial charge is 0.0903 e. The van der Waals surface area contributed by atoms with Gasteiger partial charge in [-0.15, -0.1) is 11.6 Å². The first-order valence-corrected chi connectivity index (χ1v) is 6.77. The van der Waals surface area contributed by atoms with Gasteiger partial charge in [-0.3, -0.25) is 4.99 Å². The molecular weight excluding hydrogens is 254 g/mol. The molecule has 17 heavy (non-hydrogen) atoms. The van der Waals surface area contributed by atoms with Crippen molar-refractivity contribution in [3.05, 3.63) is 23.3 Å². The first-order valence-electron chi connectivity index (χ1n) is 5.46. The minimum atomic E-state index is 0.0324. The van der Waals surface area contributed by atoms with Crippen LogP contribution in [0.4, 0.5) is 0 Å². The van der Waals surface area contributed by atoms with Gasteiger partial charge in [-0.05, 0) is 12.3 Å².